The lowest BCUT2D eigenvalue weighted by molar-refractivity contribution is 0.391. The highest BCUT2D eigenvalue weighted by Gasteiger charge is 2.01. The maximum Gasteiger partial charge on any atom is 0.216 e. The Hall–Kier alpha value is -1.05. The summed E-state index contributed by atoms with van der Waals surface area (Å²) in [4.78, 5) is 4.15. The fraction of sp³-hybridized carbons (Fsp3) is 0.545. The van der Waals surface area contributed by atoms with E-state index in [-0.39, 0.29) is 0 Å². The molecular weight excluding hydrogens is 162 g/mol. The molecule has 0 saturated heterocycles. The first-order valence-corrected chi connectivity index (χ1v) is 4.86. The van der Waals surface area contributed by atoms with Crippen LogP contribution in [0.2, 0.25) is 0 Å². The Balaban J connectivity index is 2.54. The van der Waals surface area contributed by atoms with E-state index in [1.807, 2.05) is 6.07 Å². The van der Waals surface area contributed by atoms with Gasteiger partial charge in [0.05, 0.1) is 7.11 Å². The Morgan fingerprint density at radius 1 is 1.38 bits per heavy atom. The summed E-state index contributed by atoms with van der Waals surface area (Å²) in [5.41, 5.74) is 1.22. The molecule has 0 spiro atoms. The predicted molar refractivity (Wildman–Crippen MR) is 54.0 cm³/mol. The van der Waals surface area contributed by atoms with Gasteiger partial charge in [-0.3, -0.25) is 0 Å². The van der Waals surface area contributed by atoms with E-state index in [2.05, 4.69) is 18.0 Å². The number of rotatable bonds is 5. The molecule has 2 nitrogen and oxygen atoms in total. The molecule has 0 saturated carbocycles. The number of pyridine rings is 1. The van der Waals surface area contributed by atoms with Gasteiger partial charge in [-0.2, -0.15) is 0 Å². The van der Waals surface area contributed by atoms with E-state index >= 15 is 0 Å². The number of ether oxygens (including phenoxy) is 1. The standard InChI is InChI=1S/C11H17NO/c1-3-4-5-7-10-8-6-9-12-11(10)13-2/h6,8-9H,3-5,7H2,1-2H3. The summed E-state index contributed by atoms with van der Waals surface area (Å²) < 4.78 is 5.16. The van der Waals surface area contributed by atoms with Crippen LogP contribution in [0.3, 0.4) is 0 Å². The number of nitrogens with zero attached hydrogens (tertiary/aromatic N) is 1. The smallest absolute Gasteiger partial charge is 0.216 e. The van der Waals surface area contributed by atoms with Crippen LogP contribution in [-0.2, 0) is 6.42 Å². The molecule has 1 rings (SSSR count). The van der Waals surface area contributed by atoms with E-state index in [9.17, 15) is 0 Å². The van der Waals surface area contributed by atoms with Gasteiger partial charge in [-0.25, -0.2) is 4.98 Å². The molecule has 2 heteroatoms. The second kappa shape index (κ2) is 5.57. The molecule has 0 aliphatic carbocycles. The molecular formula is C11H17NO. The summed E-state index contributed by atoms with van der Waals surface area (Å²) in [6, 6.07) is 4.05. The fourth-order valence-electron chi connectivity index (χ4n) is 1.36. The molecule has 0 amide bonds. The molecule has 13 heavy (non-hydrogen) atoms. The third-order valence-electron chi connectivity index (χ3n) is 2.09. The second-order valence-electron chi connectivity index (χ2n) is 3.13. The van der Waals surface area contributed by atoms with Crippen molar-refractivity contribution in [2.24, 2.45) is 0 Å². The molecule has 72 valence electrons. The van der Waals surface area contributed by atoms with Crippen molar-refractivity contribution in [2.45, 2.75) is 32.6 Å². The summed E-state index contributed by atoms with van der Waals surface area (Å²) in [7, 11) is 1.67. The van der Waals surface area contributed by atoms with Crippen molar-refractivity contribution in [3.63, 3.8) is 0 Å². The van der Waals surface area contributed by atoms with Gasteiger partial charge in [0.2, 0.25) is 5.88 Å². The van der Waals surface area contributed by atoms with Gasteiger partial charge >= 0.3 is 0 Å². The van der Waals surface area contributed by atoms with Gasteiger partial charge in [-0.1, -0.05) is 25.8 Å². The molecule has 0 aliphatic heterocycles. The lowest BCUT2D eigenvalue weighted by atomic mass is 10.1. The van der Waals surface area contributed by atoms with Gasteiger partial charge in [0.25, 0.3) is 0 Å². The van der Waals surface area contributed by atoms with Gasteiger partial charge in [0, 0.05) is 11.8 Å². The molecule has 0 radical (unpaired) electrons. The van der Waals surface area contributed by atoms with Crippen molar-refractivity contribution in [1.29, 1.82) is 0 Å². The zero-order chi connectivity index (χ0) is 9.52. The number of methoxy groups -OCH3 is 1. The van der Waals surface area contributed by atoms with Crippen LogP contribution >= 0.6 is 0 Å². The SMILES string of the molecule is CCCCCc1cccnc1OC. The number of hydrogen-bond donors (Lipinski definition) is 0. The number of aryl methyl sites for hydroxylation is 1. The molecule has 0 fully saturated rings. The lowest BCUT2D eigenvalue weighted by Gasteiger charge is -2.05. The summed E-state index contributed by atoms with van der Waals surface area (Å²) in [5, 5.41) is 0. The van der Waals surface area contributed by atoms with Crippen molar-refractivity contribution in [3.05, 3.63) is 23.9 Å². The van der Waals surface area contributed by atoms with Crippen LogP contribution in [-0.4, -0.2) is 12.1 Å². The zero-order valence-corrected chi connectivity index (χ0v) is 8.42. The van der Waals surface area contributed by atoms with Gasteiger partial charge < -0.3 is 4.74 Å². The number of unbranched alkanes of at least 4 members (excludes halogenated alkanes) is 2. The Morgan fingerprint density at radius 2 is 2.23 bits per heavy atom. The number of hydrogen-bond acceptors (Lipinski definition) is 2. The average molecular weight is 179 g/mol. The van der Waals surface area contributed by atoms with Crippen molar-refractivity contribution < 1.29 is 4.74 Å². The molecule has 1 aromatic rings. The first kappa shape index (κ1) is 10.0. The third kappa shape index (κ3) is 3.05. The van der Waals surface area contributed by atoms with Crippen molar-refractivity contribution in [2.75, 3.05) is 7.11 Å². The molecule has 1 aromatic heterocycles. The largest absolute Gasteiger partial charge is 0.481 e. The summed E-state index contributed by atoms with van der Waals surface area (Å²) in [6.07, 6.45) is 6.59. The molecule has 0 aliphatic rings. The summed E-state index contributed by atoms with van der Waals surface area (Å²) >= 11 is 0. The zero-order valence-electron chi connectivity index (χ0n) is 8.42. The lowest BCUT2D eigenvalue weighted by Crippen LogP contribution is -1.94. The van der Waals surface area contributed by atoms with E-state index in [0.717, 1.165) is 12.3 Å². The highest BCUT2D eigenvalue weighted by molar-refractivity contribution is 5.25. The first-order valence-electron chi connectivity index (χ1n) is 4.86. The van der Waals surface area contributed by atoms with Gasteiger partial charge in [-0.05, 0) is 18.9 Å². The topological polar surface area (TPSA) is 22.1 Å². The quantitative estimate of drug-likeness (QED) is 0.648. The predicted octanol–water partition coefficient (Wildman–Crippen LogP) is 2.82. The maximum atomic E-state index is 5.16. The van der Waals surface area contributed by atoms with Crippen LogP contribution in [0.25, 0.3) is 0 Å². The minimum absolute atomic E-state index is 0.776. The summed E-state index contributed by atoms with van der Waals surface area (Å²) in [5.74, 6) is 0.776. The first-order chi connectivity index (χ1) is 6.38. The maximum absolute atomic E-state index is 5.16. The van der Waals surface area contributed by atoms with E-state index in [1.165, 1.54) is 24.8 Å². The van der Waals surface area contributed by atoms with Gasteiger partial charge in [-0.15, -0.1) is 0 Å². The summed E-state index contributed by atoms with van der Waals surface area (Å²) in [6.45, 7) is 2.21. The third-order valence-corrected chi connectivity index (χ3v) is 2.09. The molecule has 0 bridgehead atoms. The minimum atomic E-state index is 0.776. The van der Waals surface area contributed by atoms with E-state index in [4.69, 9.17) is 4.74 Å². The molecule has 0 unspecified atom stereocenters. The van der Waals surface area contributed by atoms with Crippen molar-refractivity contribution in [1.82, 2.24) is 4.98 Å². The van der Waals surface area contributed by atoms with E-state index in [0.29, 0.717) is 0 Å². The van der Waals surface area contributed by atoms with Crippen LogP contribution in [0.5, 0.6) is 5.88 Å². The van der Waals surface area contributed by atoms with Crippen LogP contribution < -0.4 is 4.74 Å². The van der Waals surface area contributed by atoms with Crippen molar-refractivity contribution >= 4 is 0 Å². The molecule has 0 aromatic carbocycles. The molecule has 0 atom stereocenters. The van der Waals surface area contributed by atoms with Crippen LogP contribution in [0.1, 0.15) is 31.7 Å². The van der Waals surface area contributed by atoms with Gasteiger partial charge in [0.15, 0.2) is 0 Å². The highest BCUT2D eigenvalue weighted by Crippen LogP contribution is 2.16. The molecule has 0 N–H and O–H groups in total. The fourth-order valence-corrected chi connectivity index (χ4v) is 1.36. The van der Waals surface area contributed by atoms with E-state index < -0.39 is 0 Å². The van der Waals surface area contributed by atoms with Crippen LogP contribution in [0, 0.1) is 0 Å². The Bertz CT molecular complexity index is 248. The monoisotopic (exact) mass is 179 g/mol. The minimum Gasteiger partial charge on any atom is -0.481 e. The van der Waals surface area contributed by atoms with E-state index in [1.54, 1.807) is 13.3 Å². The van der Waals surface area contributed by atoms with Crippen LogP contribution in [0.15, 0.2) is 18.3 Å². The number of aromatic nitrogens is 1. The Morgan fingerprint density at radius 3 is 2.92 bits per heavy atom. The van der Waals surface area contributed by atoms with Crippen molar-refractivity contribution in [3.8, 4) is 5.88 Å². The van der Waals surface area contributed by atoms with Gasteiger partial charge in [0.1, 0.15) is 0 Å². The van der Waals surface area contributed by atoms with Crippen LogP contribution in [0.4, 0.5) is 0 Å². The normalized spacial score (nSPS) is 10.0. The average Bonchev–Trinajstić information content (AvgIpc) is 2.19. The Labute approximate surface area is 80.0 Å². The second-order valence-corrected chi connectivity index (χ2v) is 3.13. The Kier molecular flexibility index (Phi) is 4.30. The molecule has 1 heterocycles. The highest BCUT2D eigenvalue weighted by atomic mass is 16.5.